The summed E-state index contributed by atoms with van der Waals surface area (Å²) < 4.78 is 18.4. The van der Waals surface area contributed by atoms with Crippen molar-refractivity contribution >= 4 is 17.3 Å². The molecule has 2 aromatic carbocycles. The normalized spacial score (nSPS) is 10.1. The van der Waals surface area contributed by atoms with Crippen LogP contribution >= 0.6 is 0 Å². The van der Waals surface area contributed by atoms with Crippen molar-refractivity contribution in [2.45, 2.75) is 6.92 Å². The maximum atomic E-state index is 13.1. The van der Waals surface area contributed by atoms with E-state index in [2.05, 4.69) is 5.32 Å². The number of hydrogen-bond donors (Lipinski definition) is 2. The van der Waals surface area contributed by atoms with E-state index < -0.39 is 5.82 Å². The molecule has 1 amide bonds. The number of amides is 1. The van der Waals surface area contributed by atoms with E-state index in [1.54, 1.807) is 37.3 Å². The molecule has 4 nitrogen and oxygen atoms in total. The Hall–Kier alpha value is -2.56. The van der Waals surface area contributed by atoms with Gasteiger partial charge in [-0.05, 0) is 48.9 Å². The summed E-state index contributed by atoms with van der Waals surface area (Å²) in [6, 6.07) is 10.9. The molecular formula is C15H15FN2O2. The lowest BCUT2D eigenvalue weighted by molar-refractivity contribution is -0.118. The van der Waals surface area contributed by atoms with Crippen LogP contribution in [-0.4, -0.2) is 12.5 Å². The van der Waals surface area contributed by atoms with Crippen molar-refractivity contribution in [2.75, 3.05) is 17.7 Å². The summed E-state index contributed by atoms with van der Waals surface area (Å²) >= 11 is 0. The van der Waals surface area contributed by atoms with Gasteiger partial charge in [-0.25, -0.2) is 4.39 Å². The zero-order valence-electron chi connectivity index (χ0n) is 11.0. The highest BCUT2D eigenvalue weighted by Gasteiger charge is 2.06. The largest absolute Gasteiger partial charge is 0.484 e. The molecule has 0 fully saturated rings. The Labute approximate surface area is 116 Å². The molecule has 0 bridgehead atoms. The number of aryl methyl sites for hydroxylation is 1. The minimum absolute atomic E-state index is 0.153. The predicted molar refractivity (Wildman–Crippen MR) is 76.1 cm³/mol. The van der Waals surface area contributed by atoms with Gasteiger partial charge in [0.05, 0.1) is 0 Å². The van der Waals surface area contributed by atoms with Crippen molar-refractivity contribution in [1.29, 1.82) is 0 Å². The zero-order valence-corrected chi connectivity index (χ0v) is 11.0. The van der Waals surface area contributed by atoms with Gasteiger partial charge in [0.15, 0.2) is 6.61 Å². The van der Waals surface area contributed by atoms with Crippen LogP contribution in [0.3, 0.4) is 0 Å². The Balaban J connectivity index is 1.92. The molecule has 0 radical (unpaired) electrons. The number of halogens is 1. The molecule has 0 aliphatic carbocycles. The molecule has 0 heterocycles. The fourth-order valence-electron chi connectivity index (χ4n) is 1.63. The van der Waals surface area contributed by atoms with Gasteiger partial charge < -0.3 is 15.8 Å². The van der Waals surface area contributed by atoms with E-state index in [4.69, 9.17) is 10.5 Å². The van der Waals surface area contributed by atoms with Crippen LogP contribution in [0.15, 0.2) is 42.5 Å². The summed E-state index contributed by atoms with van der Waals surface area (Å²) in [5.74, 6) is -0.203. The van der Waals surface area contributed by atoms with Gasteiger partial charge in [0.2, 0.25) is 0 Å². The molecule has 0 aliphatic rings. The van der Waals surface area contributed by atoms with Gasteiger partial charge in [-0.1, -0.05) is 6.07 Å². The van der Waals surface area contributed by atoms with Gasteiger partial charge in [0, 0.05) is 11.4 Å². The second-order valence-electron chi connectivity index (χ2n) is 4.37. The van der Waals surface area contributed by atoms with E-state index in [1.807, 2.05) is 0 Å². The van der Waals surface area contributed by atoms with Crippen LogP contribution in [0, 0.1) is 12.7 Å². The smallest absolute Gasteiger partial charge is 0.262 e. The lowest BCUT2D eigenvalue weighted by Gasteiger charge is -2.09. The molecule has 2 rings (SSSR count). The first-order valence-electron chi connectivity index (χ1n) is 6.09. The highest BCUT2D eigenvalue weighted by Crippen LogP contribution is 2.16. The molecule has 0 saturated heterocycles. The molecule has 104 valence electrons. The predicted octanol–water partition coefficient (Wildman–Crippen LogP) is 2.73. The van der Waals surface area contributed by atoms with E-state index >= 15 is 0 Å². The maximum absolute atomic E-state index is 13.1. The third-order valence-electron chi connectivity index (χ3n) is 2.72. The quantitative estimate of drug-likeness (QED) is 0.842. The molecule has 0 atom stereocenters. The van der Waals surface area contributed by atoms with Crippen LogP contribution in [0.5, 0.6) is 5.75 Å². The number of nitrogen functional groups attached to an aromatic ring is 1. The molecule has 0 unspecified atom stereocenters. The standard InChI is InChI=1S/C15H15FN2O2/c1-10-2-3-11(16)8-14(10)18-15(19)9-20-13-6-4-12(17)5-7-13/h2-8H,9,17H2,1H3,(H,18,19). The van der Waals surface area contributed by atoms with Crippen molar-refractivity contribution in [2.24, 2.45) is 0 Å². The molecule has 0 aromatic heterocycles. The third kappa shape index (κ3) is 3.71. The van der Waals surface area contributed by atoms with Crippen LogP contribution in [0.2, 0.25) is 0 Å². The number of benzene rings is 2. The van der Waals surface area contributed by atoms with Crippen LogP contribution in [-0.2, 0) is 4.79 Å². The van der Waals surface area contributed by atoms with E-state index in [0.29, 0.717) is 17.1 Å². The summed E-state index contributed by atoms with van der Waals surface area (Å²) in [6.45, 7) is 1.63. The Kier molecular flexibility index (Phi) is 4.20. The maximum Gasteiger partial charge on any atom is 0.262 e. The number of nitrogens with two attached hydrogens (primary N) is 1. The fourth-order valence-corrected chi connectivity index (χ4v) is 1.63. The summed E-state index contributed by atoms with van der Waals surface area (Å²) in [6.07, 6.45) is 0. The van der Waals surface area contributed by atoms with Gasteiger partial charge in [-0.3, -0.25) is 4.79 Å². The van der Waals surface area contributed by atoms with Gasteiger partial charge in [-0.2, -0.15) is 0 Å². The van der Waals surface area contributed by atoms with Crippen molar-refractivity contribution in [3.8, 4) is 5.75 Å². The van der Waals surface area contributed by atoms with E-state index in [-0.39, 0.29) is 12.5 Å². The molecule has 2 aromatic rings. The zero-order chi connectivity index (χ0) is 14.5. The summed E-state index contributed by atoms with van der Waals surface area (Å²) in [5, 5.41) is 2.60. The first-order valence-corrected chi connectivity index (χ1v) is 6.09. The van der Waals surface area contributed by atoms with E-state index in [9.17, 15) is 9.18 Å². The van der Waals surface area contributed by atoms with Crippen LogP contribution < -0.4 is 15.8 Å². The minimum Gasteiger partial charge on any atom is -0.484 e. The number of carbonyl (C=O) groups excluding carboxylic acids is 1. The number of carbonyl (C=O) groups is 1. The molecule has 0 aliphatic heterocycles. The molecule has 20 heavy (non-hydrogen) atoms. The molecule has 5 heteroatoms. The average Bonchev–Trinajstić information content (AvgIpc) is 2.42. The second-order valence-corrected chi connectivity index (χ2v) is 4.37. The molecule has 0 spiro atoms. The van der Waals surface area contributed by atoms with Crippen molar-refractivity contribution in [1.82, 2.24) is 0 Å². The van der Waals surface area contributed by atoms with Crippen LogP contribution in [0.1, 0.15) is 5.56 Å². The highest BCUT2D eigenvalue weighted by molar-refractivity contribution is 5.92. The average molecular weight is 274 g/mol. The lowest BCUT2D eigenvalue weighted by atomic mass is 10.2. The summed E-state index contributed by atoms with van der Waals surface area (Å²) in [5.41, 5.74) is 7.39. The SMILES string of the molecule is Cc1ccc(F)cc1NC(=O)COc1ccc(N)cc1. The number of rotatable bonds is 4. The molecule has 0 saturated carbocycles. The summed E-state index contributed by atoms with van der Waals surface area (Å²) in [7, 11) is 0. The Morgan fingerprint density at radius 3 is 2.65 bits per heavy atom. The van der Waals surface area contributed by atoms with Crippen molar-refractivity contribution < 1.29 is 13.9 Å². The fraction of sp³-hybridized carbons (Fsp3) is 0.133. The number of nitrogens with one attached hydrogen (secondary N) is 1. The van der Waals surface area contributed by atoms with Crippen LogP contribution in [0.25, 0.3) is 0 Å². The number of ether oxygens (including phenoxy) is 1. The van der Waals surface area contributed by atoms with E-state index in [0.717, 1.165) is 5.56 Å². The first kappa shape index (κ1) is 13.9. The first-order chi connectivity index (χ1) is 9.54. The topological polar surface area (TPSA) is 64.3 Å². The number of hydrogen-bond acceptors (Lipinski definition) is 3. The Morgan fingerprint density at radius 2 is 1.95 bits per heavy atom. The van der Waals surface area contributed by atoms with Gasteiger partial charge in [-0.15, -0.1) is 0 Å². The number of anilines is 2. The molecular weight excluding hydrogens is 259 g/mol. The highest BCUT2D eigenvalue weighted by atomic mass is 19.1. The van der Waals surface area contributed by atoms with Gasteiger partial charge >= 0.3 is 0 Å². The summed E-state index contributed by atoms with van der Waals surface area (Å²) in [4.78, 5) is 11.7. The Morgan fingerprint density at radius 1 is 1.25 bits per heavy atom. The lowest BCUT2D eigenvalue weighted by Crippen LogP contribution is -2.20. The minimum atomic E-state index is -0.398. The third-order valence-corrected chi connectivity index (χ3v) is 2.72. The van der Waals surface area contributed by atoms with Crippen molar-refractivity contribution in [3.63, 3.8) is 0 Å². The van der Waals surface area contributed by atoms with Gasteiger partial charge in [0.1, 0.15) is 11.6 Å². The van der Waals surface area contributed by atoms with Crippen molar-refractivity contribution in [3.05, 3.63) is 53.8 Å². The van der Waals surface area contributed by atoms with Crippen LogP contribution in [0.4, 0.5) is 15.8 Å². The van der Waals surface area contributed by atoms with Gasteiger partial charge in [0.25, 0.3) is 5.91 Å². The monoisotopic (exact) mass is 274 g/mol. The van der Waals surface area contributed by atoms with E-state index in [1.165, 1.54) is 12.1 Å². The molecule has 3 N–H and O–H groups in total. The Bertz CT molecular complexity index is 612. The second kappa shape index (κ2) is 6.06.